The normalized spacial score (nSPS) is 11.6. The molecule has 0 aliphatic heterocycles. The van der Waals surface area contributed by atoms with Gasteiger partial charge in [-0.3, -0.25) is 4.98 Å². The van der Waals surface area contributed by atoms with Gasteiger partial charge in [0.15, 0.2) is 0 Å². The van der Waals surface area contributed by atoms with Gasteiger partial charge in [-0.1, -0.05) is 78.9 Å². The fourth-order valence-corrected chi connectivity index (χ4v) is 3.43. The molecule has 0 atom stereocenters. The van der Waals surface area contributed by atoms with Crippen molar-refractivity contribution in [3.05, 3.63) is 113 Å². The van der Waals surface area contributed by atoms with E-state index in [1.807, 2.05) is 66.7 Å². The number of nitrogens with zero attached hydrogens (tertiary/aromatic N) is 1. The predicted octanol–water partition coefficient (Wildman–Crippen LogP) is 5.02. The van der Waals surface area contributed by atoms with Crippen molar-refractivity contribution in [3.8, 4) is 0 Å². The Morgan fingerprint density at radius 2 is 1.35 bits per heavy atom. The first-order valence-electron chi connectivity index (χ1n) is 8.85. The van der Waals surface area contributed by atoms with E-state index in [2.05, 4.69) is 31.2 Å². The zero-order valence-corrected chi connectivity index (χ0v) is 14.8. The van der Waals surface area contributed by atoms with Crippen LogP contribution in [0.15, 0.2) is 91.0 Å². The number of hydrogen-bond acceptors (Lipinski definition) is 2. The average molecular weight is 339 g/mol. The number of rotatable bonds is 4. The second-order valence-electron chi connectivity index (χ2n) is 6.77. The van der Waals surface area contributed by atoms with Crippen LogP contribution in [-0.4, -0.2) is 10.1 Å². The summed E-state index contributed by atoms with van der Waals surface area (Å²) >= 11 is 0. The molecule has 4 aromatic rings. The summed E-state index contributed by atoms with van der Waals surface area (Å²) in [6.07, 6.45) is 0.422. The van der Waals surface area contributed by atoms with E-state index in [-0.39, 0.29) is 0 Å². The van der Waals surface area contributed by atoms with E-state index in [0.29, 0.717) is 6.42 Å². The smallest absolute Gasteiger partial charge is 0.120 e. The summed E-state index contributed by atoms with van der Waals surface area (Å²) in [4.78, 5) is 4.81. The Morgan fingerprint density at radius 1 is 0.769 bits per heavy atom. The molecule has 2 heteroatoms. The summed E-state index contributed by atoms with van der Waals surface area (Å²) in [5.74, 6) is 0. The van der Waals surface area contributed by atoms with Gasteiger partial charge in [-0.2, -0.15) is 0 Å². The van der Waals surface area contributed by atoms with Gasteiger partial charge < -0.3 is 5.11 Å². The molecule has 0 spiro atoms. The number of aliphatic hydroxyl groups is 1. The van der Waals surface area contributed by atoms with Crippen molar-refractivity contribution in [1.29, 1.82) is 0 Å². The van der Waals surface area contributed by atoms with E-state index in [0.717, 1.165) is 27.7 Å². The molecule has 3 aromatic carbocycles. The molecule has 0 saturated carbocycles. The molecule has 0 aliphatic carbocycles. The molecule has 4 rings (SSSR count). The first-order valence-corrected chi connectivity index (χ1v) is 8.85. The van der Waals surface area contributed by atoms with Crippen LogP contribution < -0.4 is 0 Å². The second kappa shape index (κ2) is 6.74. The van der Waals surface area contributed by atoms with Crippen molar-refractivity contribution in [3.63, 3.8) is 0 Å². The van der Waals surface area contributed by atoms with E-state index in [4.69, 9.17) is 4.98 Å². The third kappa shape index (κ3) is 3.12. The van der Waals surface area contributed by atoms with E-state index < -0.39 is 5.60 Å². The standard InChI is InChI=1S/C24H21NO/c1-18-12-13-19-14-15-22(25-23(19)16-18)17-24(26,20-8-4-2-5-9-20)21-10-6-3-7-11-21/h2-16,26H,17H2,1H3. The summed E-state index contributed by atoms with van der Waals surface area (Å²) in [7, 11) is 0. The zero-order valence-electron chi connectivity index (χ0n) is 14.8. The highest BCUT2D eigenvalue weighted by Crippen LogP contribution is 2.33. The van der Waals surface area contributed by atoms with Crippen LogP contribution in [0.25, 0.3) is 10.9 Å². The van der Waals surface area contributed by atoms with Gasteiger partial charge in [0, 0.05) is 17.5 Å². The van der Waals surface area contributed by atoms with Gasteiger partial charge >= 0.3 is 0 Å². The molecule has 0 bridgehead atoms. The van der Waals surface area contributed by atoms with Crippen molar-refractivity contribution < 1.29 is 5.11 Å². The van der Waals surface area contributed by atoms with Gasteiger partial charge in [0.2, 0.25) is 0 Å². The van der Waals surface area contributed by atoms with Crippen molar-refractivity contribution in [1.82, 2.24) is 4.98 Å². The third-order valence-electron chi connectivity index (χ3n) is 4.84. The van der Waals surface area contributed by atoms with Crippen LogP contribution in [0.1, 0.15) is 22.4 Å². The van der Waals surface area contributed by atoms with Crippen LogP contribution in [0, 0.1) is 6.92 Å². The fourth-order valence-electron chi connectivity index (χ4n) is 3.43. The number of benzene rings is 3. The Balaban J connectivity index is 1.81. The van der Waals surface area contributed by atoms with E-state index in [1.165, 1.54) is 5.56 Å². The first kappa shape index (κ1) is 16.5. The zero-order chi connectivity index (χ0) is 18.0. The van der Waals surface area contributed by atoms with Gasteiger partial charge in [-0.05, 0) is 35.7 Å². The van der Waals surface area contributed by atoms with E-state index in [9.17, 15) is 5.11 Å². The molecular weight excluding hydrogens is 318 g/mol. The monoisotopic (exact) mass is 339 g/mol. The summed E-state index contributed by atoms with van der Waals surface area (Å²) in [6.45, 7) is 2.07. The summed E-state index contributed by atoms with van der Waals surface area (Å²) in [6, 6.07) is 30.0. The Hall–Kier alpha value is -2.97. The minimum atomic E-state index is -1.12. The molecular formula is C24H21NO. The van der Waals surface area contributed by atoms with Gasteiger partial charge in [-0.25, -0.2) is 0 Å². The molecule has 0 radical (unpaired) electrons. The lowest BCUT2D eigenvalue weighted by Crippen LogP contribution is -2.30. The SMILES string of the molecule is Cc1ccc2ccc(CC(O)(c3ccccc3)c3ccccc3)nc2c1. The Kier molecular flexibility index (Phi) is 4.27. The maximum absolute atomic E-state index is 11.7. The summed E-state index contributed by atoms with van der Waals surface area (Å²) in [5.41, 5.74) is 3.65. The molecule has 128 valence electrons. The summed E-state index contributed by atoms with van der Waals surface area (Å²) in [5, 5.41) is 12.8. The van der Waals surface area contributed by atoms with Gasteiger partial charge in [-0.15, -0.1) is 0 Å². The lowest BCUT2D eigenvalue weighted by atomic mass is 9.82. The topological polar surface area (TPSA) is 33.1 Å². The summed E-state index contributed by atoms with van der Waals surface area (Å²) < 4.78 is 0. The second-order valence-corrected chi connectivity index (χ2v) is 6.77. The Morgan fingerprint density at radius 3 is 1.96 bits per heavy atom. The average Bonchev–Trinajstić information content (AvgIpc) is 2.69. The lowest BCUT2D eigenvalue weighted by Gasteiger charge is -2.29. The van der Waals surface area contributed by atoms with E-state index >= 15 is 0 Å². The number of hydrogen-bond donors (Lipinski definition) is 1. The Labute approximate surface area is 153 Å². The molecule has 1 aromatic heterocycles. The van der Waals surface area contributed by atoms with Gasteiger partial charge in [0.05, 0.1) is 5.52 Å². The molecule has 1 N–H and O–H groups in total. The van der Waals surface area contributed by atoms with Crippen LogP contribution in [0.4, 0.5) is 0 Å². The molecule has 1 heterocycles. The largest absolute Gasteiger partial charge is 0.380 e. The van der Waals surface area contributed by atoms with Crippen molar-refractivity contribution in [2.75, 3.05) is 0 Å². The molecule has 0 amide bonds. The lowest BCUT2D eigenvalue weighted by molar-refractivity contribution is 0.0801. The molecule has 26 heavy (non-hydrogen) atoms. The number of pyridine rings is 1. The molecule has 0 unspecified atom stereocenters. The molecule has 2 nitrogen and oxygen atoms in total. The number of fused-ring (bicyclic) bond motifs is 1. The van der Waals surface area contributed by atoms with Crippen LogP contribution in [0.5, 0.6) is 0 Å². The molecule has 0 saturated heterocycles. The van der Waals surface area contributed by atoms with Gasteiger partial charge in [0.1, 0.15) is 5.60 Å². The molecule has 0 fully saturated rings. The van der Waals surface area contributed by atoms with Crippen LogP contribution >= 0.6 is 0 Å². The minimum absolute atomic E-state index is 0.422. The minimum Gasteiger partial charge on any atom is -0.380 e. The van der Waals surface area contributed by atoms with Crippen molar-refractivity contribution in [2.45, 2.75) is 18.9 Å². The molecule has 0 aliphatic rings. The maximum atomic E-state index is 11.7. The van der Waals surface area contributed by atoms with Crippen LogP contribution in [-0.2, 0) is 12.0 Å². The third-order valence-corrected chi connectivity index (χ3v) is 4.84. The highest BCUT2D eigenvalue weighted by atomic mass is 16.3. The predicted molar refractivity (Wildman–Crippen MR) is 106 cm³/mol. The first-order chi connectivity index (χ1) is 12.6. The maximum Gasteiger partial charge on any atom is 0.120 e. The Bertz CT molecular complexity index is 986. The quantitative estimate of drug-likeness (QED) is 0.566. The highest BCUT2D eigenvalue weighted by Gasteiger charge is 2.32. The number of aromatic nitrogens is 1. The van der Waals surface area contributed by atoms with E-state index in [1.54, 1.807) is 0 Å². The van der Waals surface area contributed by atoms with Crippen molar-refractivity contribution in [2.24, 2.45) is 0 Å². The van der Waals surface area contributed by atoms with Crippen LogP contribution in [0.3, 0.4) is 0 Å². The van der Waals surface area contributed by atoms with Crippen LogP contribution in [0.2, 0.25) is 0 Å². The van der Waals surface area contributed by atoms with Crippen molar-refractivity contribution >= 4 is 10.9 Å². The van der Waals surface area contributed by atoms with Gasteiger partial charge in [0.25, 0.3) is 0 Å². The fraction of sp³-hybridized carbons (Fsp3) is 0.125. The highest BCUT2D eigenvalue weighted by molar-refractivity contribution is 5.79. The number of aryl methyl sites for hydroxylation is 1.